The lowest BCUT2D eigenvalue weighted by Gasteiger charge is -2.34. The molecule has 0 aromatic carbocycles. The van der Waals surface area contributed by atoms with Crippen molar-refractivity contribution >= 4 is 11.5 Å². The van der Waals surface area contributed by atoms with Crippen LogP contribution in [0.4, 0.5) is 5.82 Å². The molecule has 2 aromatic rings. The van der Waals surface area contributed by atoms with Crippen molar-refractivity contribution in [3.8, 4) is 11.6 Å². The van der Waals surface area contributed by atoms with Gasteiger partial charge in [-0.3, -0.25) is 0 Å². The molecule has 2 N–H and O–H groups in total. The van der Waals surface area contributed by atoms with Crippen molar-refractivity contribution in [2.24, 2.45) is 0 Å². The minimum atomic E-state index is -0.586. The maximum absolute atomic E-state index is 9.88. The molecule has 0 unspecified atom stereocenters. The van der Waals surface area contributed by atoms with Gasteiger partial charge < -0.3 is 24.8 Å². The lowest BCUT2D eigenvalue weighted by Crippen LogP contribution is -2.40. The van der Waals surface area contributed by atoms with Crippen molar-refractivity contribution in [3.05, 3.63) is 47.8 Å². The van der Waals surface area contributed by atoms with Crippen molar-refractivity contribution in [2.75, 3.05) is 31.7 Å². The third-order valence-corrected chi connectivity index (χ3v) is 5.74. The molecular formula is C22H28N4O3. The second-order valence-corrected chi connectivity index (χ2v) is 7.96. The van der Waals surface area contributed by atoms with E-state index in [-0.39, 0.29) is 12.7 Å². The highest BCUT2D eigenvalue weighted by Gasteiger charge is 2.38. The number of fused-ring (bicyclic) bond motifs is 1. The standard InChI is InChI=1S/C22H28N4O3/c1-14-11-18-15(2)25-22(3,13-27)20(18)24-21(14)26-9-7-16(8-10-26)29-17-5-6-19(28-4)23-12-17/h5-6,11-12,16,25,27H,2,7-10,13H2,1,3-4H3/t22-/m1/s1. The Balaban J connectivity index is 1.46. The topological polar surface area (TPSA) is 79.7 Å². The fourth-order valence-electron chi connectivity index (χ4n) is 4.08. The first kappa shape index (κ1) is 19.5. The van der Waals surface area contributed by atoms with Crippen LogP contribution in [0.2, 0.25) is 0 Å². The summed E-state index contributed by atoms with van der Waals surface area (Å²) < 4.78 is 11.2. The highest BCUT2D eigenvalue weighted by Crippen LogP contribution is 2.37. The number of ether oxygens (including phenoxy) is 2. The zero-order valence-electron chi connectivity index (χ0n) is 17.2. The molecule has 7 nitrogen and oxygen atoms in total. The molecule has 0 bridgehead atoms. The Kier molecular flexibility index (Phi) is 5.08. The summed E-state index contributed by atoms with van der Waals surface area (Å²) in [5, 5.41) is 13.2. The average molecular weight is 396 g/mol. The Morgan fingerprint density at radius 2 is 2.10 bits per heavy atom. The first-order valence-corrected chi connectivity index (χ1v) is 9.95. The van der Waals surface area contributed by atoms with Crippen molar-refractivity contribution in [2.45, 2.75) is 38.3 Å². The number of pyridine rings is 2. The van der Waals surface area contributed by atoms with Crippen molar-refractivity contribution in [1.82, 2.24) is 15.3 Å². The number of aryl methyl sites for hydroxylation is 1. The molecule has 0 aliphatic carbocycles. The number of nitrogens with one attached hydrogen (secondary N) is 1. The first-order valence-electron chi connectivity index (χ1n) is 9.95. The lowest BCUT2D eigenvalue weighted by atomic mass is 9.97. The summed E-state index contributed by atoms with van der Waals surface area (Å²) in [6.45, 7) is 9.82. The van der Waals surface area contributed by atoms with Gasteiger partial charge in [-0.15, -0.1) is 0 Å². The van der Waals surface area contributed by atoms with Crippen LogP contribution in [0.3, 0.4) is 0 Å². The third-order valence-electron chi connectivity index (χ3n) is 5.74. The summed E-state index contributed by atoms with van der Waals surface area (Å²) in [7, 11) is 1.60. The van der Waals surface area contributed by atoms with Crippen LogP contribution in [-0.2, 0) is 5.54 Å². The van der Waals surface area contributed by atoms with Gasteiger partial charge in [-0.2, -0.15) is 0 Å². The second-order valence-electron chi connectivity index (χ2n) is 7.96. The molecule has 154 valence electrons. The summed E-state index contributed by atoms with van der Waals surface area (Å²) in [5.74, 6) is 2.32. The molecule has 0 saturated carbocycles. The molecule has 1 fully saturated rings. The Morgan fingerprint density at radius 3 is 2.72 bits per heavy atom. The maximum atomic E-state index is 9.88. The van der Waals surface area contributed by atoms with E-state index in [9.17, 15) is 5.11 Å². The third kappa shape index (κ3) is 3.62. The van der Waals surface area contributed by atoms with Crippen LogP contribution in [0.15, 0.2) is 31.0 Å². The molecule has 29 heavy (non-hydrogen) atoms. The Bertz CT molecular complexity index is 907. The van der Waals surface area contributed by atoms with Crippen LogP contribution in [0.5, 0.6) is 11.6 Å². The predicted molar refractivity (Wildman–Crippen MR) is 112 cm³/mol. The van der Waals surface area contributed by atoms with E-state index in [2.05, 4.69) is 34.8 Å². The smallest absolute Gasteiger partial charge is 0.213 e. The SMILES string of the molecule is C=C1N[C@](C)(CO)c2nc(N3CCC(Oc4ccc(OC)nc4)CC3)c(C)cc21. The van der Waals surface area contributed by atoms with Gasteiger partial charge in [0.1, 0.15) is 23.2 Å². The van der Waals surface area contributed by atoms with Gasteiger partial charge in [-0.05, 0) is 31.5 Å². The minimum Gasteiger partial charge on any atom is -0.489 e. The zero-order chi connectivity index (χ0) is 20.6. The number of aliphatic hydroxyl groups excluding tert-OH is 1. The van der Waals surface area contributed by atoms with E-state index in [0.29, 0.717) is 5.88 Å². The largest absolute Gasteiger partial charge is 0.489 e. The van der Waals surface area contributed by atoms with E-state index in [1.54, 1.807) is 13.3 Å². The summed E-state index contributed by atoms with van der Waals surface area (Å²) in [5.41, 5.74) is 3.21. The fourth-order valence-corrected chi connectivity index (χ4v) is 4.08. The number of aliphatic hydroxyl groups is 1. The Morgan fingerprint density at radius 1 is 1.34 bits per heavy atom. The molecule has 2 aromatic heterocycles. The van der Waals surface area contributed by atoms with Gasteiger partial charge in [0.25, 0.3) is 0 Å². The lowest BCUT2D eigenvalue weighted by molar-refractivity contribution is 0.169. The van der Waals surface area contributed by atoms with Gasteiger partial charge >= 0.3 is 0 Å². The predicted octanol–water partition coefficient (Wildman–Crippen LogP) is 2.62. The average Bonchev–Trinajstić information content (AvgIpc) is 2.98. The van der Waals surface area contributed by atoms with Crippen molar-refractivity contribution in [3.63, 3.8) is 0 Å². The molecule has 0 amide bonds. The number of anilines is 1. The van der Waals surface area contributed by atoms with Crippen molar-refractivity contribution < 1.29 is 14.6 Å². The van der Waals surface area contributed by atoms with Gasteiger partial charge in [0, 0.05) is 43.3 Å². The normalized spacial score (nSPS) is 21.7. The van der Waals surface area contributed by atoms with Crippen LogP contribution in [0.1, 0.15) is 36.6 Å². The number of piperidine rings is 1. The molecule has 4 rings (SSSR count). The summed E-state index contributed by atoms with van der Waals surface area (Å²) in [6.07, 6.45) is 3.67. The van der Waals surface area contributed by atoms with Crippen LogP contribution >= 0.6 is 0 Å². The molecule has 1 saturated heterocycles. The van der Waals surface area contributed by atoms with Crippen molar-refractivity contribution in [1.29, 1.82) is 0 Å². The van der Waals surface area contributed by atoms with Crippen LogP contribution in [-0.4, -0.2) is 48.0 Å². The quantitative estimate of drug-likeness (QED) is 0.804. The zero-order valence-corrected chi connectivity index (χ0v) is 17.2. The molecule has 2 aliphatic heterocycles. The molecule has 0 radical (unpaired) electrons. The number of aromatic nitrogens is 2. The van der Waals surface area contributed by atoms with E-state index >= 15 is 0 Å². The minimum absolute atomic E-state index is 0.0274. The summed E-state index contributed by atoms with van der Waals surface area (Å²) in [6, 6.07) is 5.82. The first-order chi connectivity index (χ1) is 13.9. The van der Waals surface area contributed by atoms with Crippen LogP contribution in [0, 0.1) is 6.92 Å². The van der Waals surface area contributed by atoms with Crippen LogP contribution in [0.25, 0.3) is 5.70 Å². The number of hydrogen-bond acceptors (Lipinski definition) is 7. The maximum Gasteiger partial charge on any atom is 0.213 e. The highest BCUT2D eigenvalue weighted by molar-refractivity contribution is 5.73. The number of methoxy groups -OCH3 is 1. The highest BCUT2D eigenvalue weighted by atomic mass is 16.5. The van der Waals surface area contributed by atoms with E-state index in [1.165, 1.54) is 0 Å². The molecule has 2 aliphatic rings. The Labute approximate surface area is 171 Å². The van der Waals surface area contributed by atoms with Gasteiger partial charge in [-0.25, -0.2) is 9.97 Å². The monoisotopic (exact) mass is 396 g/mol. The number of hydrogen-bond donors (Lipinski definition) is 2. The molecule has 1 atom stereocenters. The van der Waals surface area contributed by atoms with Gasteiger partial charge in [0.15, 0.2) is 0 Å². The second kappa shape index (κ2) is 7.55. The summed E-state index contributed by atoms with van der Waals surface area (Å²) >= 11 is 0. The van der Waals surface area contributed by atoms with Gasteiger partial charge in [0.2, 0.25) is 5.88 Å². The summed E-state index contributed by atoms with van der Waals surface area (Å²) in [4.78, 5) is 11.5. The van der Waals surface area contributed by atoms with Gasteiger partial charge in [-0.1, -0.05) is 6.58 Å². The van der Waals surface area contributed by atoms with E-state index in [0.717, 1.165) is 60.0 Å². The van der Waals surface area contributed by atoms with E-state index in [1.807, 2.05) is 19.1 Å². The van der Waals surface area contributed by atoms with E-state index < -0.39 is 5.54 Å². The van der Waals surface area contributed by atoms with E-state index in [4.69, 9.17) is 14.5 Å². The fraction of sp³-hybridized carbons (Fsp3) is 0.455. The molecule has 0 spiro atoms. The number of rotatable bonds is 5. The van der Waals surface area contributed by atoms with Gasteiger partial charge in [0.05, 0.1) is 25.6 Å². The molecule has 4 heterocycles. The molecular weight excluding hydrogens is 368 g/mol. The van der Waals surface area contributed by atoms with Crippen LogP contribution < -0.4 is 19.7 Å². The molecule has 7 heteroatoms. The number of nitrogens with zero attached hydrogens (tertiary/aromatic N) is 3. The Hall–Kier alpha value is -2.80.